The summed E-state index contributed by atoms with van der Waals surface area (Å²) in [7, 11) is 0. The van der Waals surface area contributed by atoms with E-state index in [1.54, 1.807) is 0 Å². The van der Waals surface area contributed by atoms with E-state index >= 15 is 0 Å². The maximum Gasteiger partial charge on any atom is 0.410 e. The number of ether oxygens (including phenoxy) is 1. The van der Waals surface area contributed by atoms with Crippen LogP contribution in [0.4, 0.5) is 4.79 Å². The lowest BCUT2D eigenvalue weighted by Gasteiger charge is -2.41. The first-order chi connectivity index (χ1) is 8.15. The fraction of sp³-hybridized carbons (Fsp3) is 0.929. The molecule has 1 rings (SSSR count). The minimum Gasteiger partial charge on any atom is -0.444 e. The first-order valence-corrected chi connectivity index (χ1v) is 6.84. The van der Waals surface area contributed by atoms with Crippen molar-refractivity contribution in [1.82, 2.24) is 4.90 Å². The number of nitrogens with two attached hydrogens (primary N) is 1. The van der Waals surface area contributed by atoms with E-state index in [4.69, 9.17) is 10.5 Å². The third kappa shape index (κ3) is 4.16. The number of piperidine rings is 1. The molecule has 1 fully saturated rings. The molecule has 0 saturated carbocycles. The Bertz CT molecular complexity index is 295. The largest absolute Gasteiger partial charge is 0.444 e. The van der Waals surface area contributed by atoms with Gasteiger partial charge in [0.05, 0.1) is 0 Å². The number of rotatable bonds is 2. The van der Waals surface area contributed by atoms with Gasteiger partial charge >= 0.3 is 6.09 Å². The first kappa shape index (κ1) is 15.3. The molecule has 0 aliphatic carbocycles. The number of hydrogen-bond donors (Lipinski definition) is 1. The average Bonchev–Trinajstić information content (AvgIpc) is 2.27. The fourth-order valence-electron chi connectivity index (χ4n) is 2.27. The minimum absolute atomic E-state index is 0.0840. The van der Waals surface area contributed by atoms with Crippen LogP contribution in [-0.2, 0) is 4.74 Å². The van der Waals surface area contributed by atoms with E-state index in [1.165, 1.54) is 0 Å². The summed E-state index contributed by atoms with van der Waals surface area (Å²) in [4.78, 5) is 13.9. The summed E-state index contributed by atoms with van der Waals surface area (Å²) in [6.07, 6.45) is 1.98. The highest BCUT2D eigenvalue weighted by Crippen LogP contribution is 2.33. The highest BCUT2D eigenvalue weighted by Gasteiger charge is 2.35. The Morgan fingerprint density at radius 3 is 2.44 bits per heavy atom. The number of carbonyl (C=O) groups excluding carboxylic acids is 1. The topological polar surface area (TPSA) is 55.6 Å². The molecular weight excluding hydrogens is 228 g/mol. The van der Waals surface area contributed by atoms with Crippen LogP contribution < -0.4 is 5.73 Å². The van der Waals surface area contributed by atoms with Crippen LogP contribution in [0.5, 0.6) is 0 Å². The van der Waals surface area contributed by atoms with Crippen molar-refractivity contribution < 1.29 is 9.53 Å². The summed E-state index contributed by atoms with van der Waals surface area (Å²) < 4.78 is 5.43. The van der Waals surface area contributed by atoms with Gasteiger partial charge in [-0.1, -0.05) is 13.8 Å². The van der Waals surface area contributed by atoms with Gasteiger partial charge in [-0.3, -0.25) is 0 Å². The Balaban J connectivity index is 2.61. The molecule has 2 N–H and O–H groups in total. The summed E-state index contributed by atoms with van der Waals surface area (Å²) >= 11 is 0. The normalized spacial score (nSPS) is 21.9. The van der Waals surface area contributed by atoms with Crippen LogP contribution in [0.25, 0.3) is 0 Å². The van der Waals surface area contributed by atoms with E-state index in [0.717, 1.165) is 25.9 Å². The van der Waals surface area contributed by atoms with Gasteiger partial charge in [0.25, 0.3) is 0 Å². The number of amides is 1. The summed E-state index contributed by atoms with van der Waals surface area (Å²) in [6.45, 7) is 12.3. The van der Waals surface area contributed by atoms with E-state index < -0.39 is 5.60 Å². The van der Waals surface area contributed by atoms with Gasteiger partial charge in [-0.25, -0.2) is 4.79 Å². The minimum atomic E-state index is -0.423. The number of carbonyl (C=O) groups is 1. The molecule has 18 heavy (non-hydrogen) atoms. The molecule has 0 aromatic heterocycles. The van der Waals surface area contributed by atoms with E-state index in [2.05, 4.69) is 13.8 Å². The predicted molar refractivity (Wildman–Crippen MR) is 73.4 cm³/mol. The summed E-state index contributed by atoms with van der Waals surface area (Å²) in [6, 6.07) is 0. The molecule has 1 aliphatic rings. The fourth-order valence-corrected chi connectivity index (χ4v) is 2.27. The average molecular weight is 256 g/mol. The van der Waals surface area contributed by atoms with Gasteiger partial charge in [0.15, 0.2) is 0 Å². The van der Waals surface area contributed by atoms with Crippen LogP contribution in [0.1, 0.15) is 47.5 Å². The second-order valence-electron chi connectivity index (χ2n) is 6.96. The molecular formula is C14H28N2O2. The van der Waals surface area contributed by atoms with Crippen LogP contribution in [0.2, 0.25) is 0 Å². The molecule has 106 valence electrons. The van der Waals surface area contributed by atoms with Crippen LogP contribution >= 0.6 is 0 Å². The number of nitrogens with zero attached hydrogens (tertiary/aromatic N) is 1. The maximum absolute atomic E-state index is 12.0. The Morgan fingerprint density at radius 2 is 1.94 bits per heavy atom. The zero-order valence-electron chi connectivity index (χ0n) is 12.5. The lowest BCUT2D eigenvalue weighted by atomic mass is 9.75. The monoisotopic (exact) mass is 256 g/mol. The molecule has 1 heterocycles. The summed E-state index contributed by atoms with van der Waals surface area (Å²) in [5, 5.41) is 0. The lowest BCUT2D eigenvalue weighted by molar-refractivity contribution is 0.00795. The van der Waals surface area contributed by atoms with Crippen molar-refractivity contribution in [2.75, 3.05) is 19.6 Å². The van der Waals surface area contributed by atoms with Crippen LogP contribution in [0.15, 0.2) is 0 Å². The lowest BCUT2D eigenvalue weighted by Crippen LogP contribution is -2.47. The number of hydrogen-bond acceptors (Lipinski definition) is 3. The first-order valence-electron chi connectivity index (χ1n) is 6.84. The molecule has 4 heteroatoms. The van der Waals surface area contributed by atoms with Gasteiger partial charge in [0.1, 0.15) is 5.60 Å². The van der Waals surface area contributed by atoms with Gasteiger partial charge in [0.2, 0.25) is 0 Å². The van der Waals surface area contributed by atoms with E-state index in [0.29, 0.717) is 12.5 Å². The molecule has 0 spiro atoms. The Kier molecular flexibility index (Phi) is 4.65. The van der Waals surface area contributed by atoms with Crippen molar-refractivity contribution in [3.05, 3.63) is 0 Å². The van der Waals surface area contributed by atoms with E-state index in [-0.39, 0.29) is 11.5 Å². The molecule has 1 atom stereocenters. The molecule has 0 bridgehead atoms. The molecule has 0 aromatic carbocycles. The van der Waals surface area contributed by atoms with Crippen molar-refractivity contribution in [2.45, 2.75) is 53.1 Å². The SMILES string of the molecule is CC(C)(C)OC(=O)N1CCCC(C(C)(C)CN)C1. The van der Waals surface area contributed by atoms with Gasteiger partial charge in [0, 0.05) is 13.1 Å². The molecule has 1 amide bonds. The predicted octanol–water partition coefficient (Wildman–Crippen LogP) is 2.62. The second kappa shape index (κ2) is 5.47. The Morgan fingerprint density at radius 1 is 1.33 bits per heavy atom. The standard InChI is InChI=1S/C14H28N2O2/c1-13(2,3)18-12(17)16-8-6-7-11(9-16)14(4,5)10-15/h11H,6-10,15H2,1-5H3. The van der Waals surface area contributed by atoms with Gasteiger partial charge < -0.3 is 15.4 Å². The zero-order valence-corrected chi connectivity index (χ0v) is 12.5. The molecule has 0 radical (unpaired) electrons. The molecule has 1 aliphatic heterocycles. The second-order valence-corrected chi connectivity index (χ2v) is 6.96. The number of likely N-dealkylation sites (tertiary alicyclic amines) is 1. The highest BCUT2D eigenvalue weighted by molar-refractivity contribution is 5.68. The third-order valence-electron chi connectivity index (χ3n) is 3.70. The van der Waals surface area contributed by atoms with Gasteiger partial charge in [-0.15, -0.1) is 0 Å². The third-order valence-corrected chi connectivity index (χ3v) is 3.70. The van der Waals surface area contributed by atoms with E-state index in [9.17, 15) is 4.79 Å². The zero-order chi connectivity index (χ0) is 14.0. The van der Waals surface area contributed by atoms with Crippen molar-refractivity contribution in [1.29, 1.82) is 0 Å². The molecule has 1 unspecified atom stereocenters. The van der Waals surface area contributed by atoms with E-state index in [1.807, 2.05) is 25.7 Å². The smallest absolute Gasteiger partial charge is 0.410 e. The van der Waals surface area contributed by atoms with Crippen LogP contribution in [0, 0.1) is 11.3 Å². The Labute approximate surface area is 111 Å². The quantitative estimate of drug-likeness (QED) is 0.826. The van der Waals surface area contributed by atoms with Crippen LogP contribution in [-0.4, -0.2) is 36.2 Å². The summed E-state index contributed by atoms with van der Waals surface area (Å²) in [5.74, 6) is 0.462. The van der Waals surface area contributed by atoms with Crippen molar-refractivity contribution >= 4 is 6.09 Å². The molecule has 0 aromatic rings. The molecule has 1 saturated heterocycles. The highest BCUT2D eigenvalue weighted by atomic mass is 16.6. The van der Waals surface area contributed by atoms with Crippen LogP contribution in [0.3, 0.4) is 0 Å². The van der Waals surface area contributed by atoms with Gasteiger partial charge in [-0.05, 0) is 51.5 Å². The molecule has 4 nitrogen and oxygen atoms in total. The van der Waals surface area contributed by atoms with Crippen molar-refractivity contribution in [3.8, 4) is 0 Å². The summed E-state index contributed by atoms with van der Waals surface area (Å²) in [5.41, 5.74) is 5.49. The van der Waals surface area contributed by atoms with Crippen molar-refractivity contribution in [2.24, 2.45) is 17.1 Å². The Hall–Kier alpha value is -0.770. The maximum atomic E-state index is 12.0. The van der Waals surface area contributed by atoms with Gasteiger partial charge in [-0.2, -0.15) is 0 Å². The van der Waals surface area contributed by atoms with Crippen molar-refractivity contribution in [3.63, 3.8) is 0 Å².